The van der Waals surface area contributed by atoms with Crippen molar-refractivity contribution in [1.29, 1.82) is 5.26 Å². The average Bonchev–Trinajstić information content (AvgIpc) is 2.87. The first kappa shape index (κ1) is 13.6. The molecule has 1 aromatic heterocycles. The number of halogens is 1. The van der Waals surface area contributed by atoms with Crippen molar-refractivity contribution < 1.29 is 0 Å². The van der Waals surface area contributed by atoms with E-state index in [2.05, 4.69) is 12.0 Å². The number of nitrogens with two attached hydrogens (primary N) is 1. The Morgan fingerprint density at radius 3 is 2.89 bits per heavy atom. The van der Waals surface area contributed by atoms with Gasteiger partial charge >= 0.3 is 0 Å². The summed E-state index contributed by atoms with van der Waals surface area (Å²) in [4.78, 5) is 0. The molecule has 0 radical (unpaired) electrons. The molecule has 1 heterocycles. The zero-order valence-electron chi connectivity index (χ0n) is 10.7. The fourth-order valence-corrected chi connectivity index (χ4v) is 1.97. The molecule has 1 aromatic carbocycles. The topological polar surface area (TPSA) is 67.6 Å². The summed E-state index contributed by atoms with van der Waals surface area (Å²) in [5.74, 6) is 0. The summed E-state index contributed by atoms with van der Waals surface area (Å²) in [6.07, 6.45) is 2.81. The molecule has 0 aliphatic rings. The highest BCUT2D eigenvalue weighted by molar-refractivity contribution is 6.32. The minimum absolute atomic E-state index is 0.109. The lowest BCUT2D eigenvalue weighted by molar-refractivity contribution is 0.501. The van der Waals surface area contributed by atoms with Gasteiger partial charge in [-0.25, -0.2) is 0 Å². The van der Waals surface area contributed by atoms with Crippen LogP contribution in [0, 0.1) is 11.3 Å². The van der Waals surface area contributed by atoms with Crippen LogP contribution >= 0.6 is 11.6 Å². The molecule has 98 valence electrons. The molecule has 2 aromatic rings. The van der Waals surface area contributed by atoms with Crippen LogP contribution in [0.2, 0.25) is 5.02 Å². The zero-order valence-corrected chi connectivity index (χ0v) is 11.4. The van der Waals surface area contributed by atoms with Gasteiger partial charge in [0.2, 0.25) is 0 Å². The Bertz CT molecular complexity index is 612. The van der Waals surface area contributed by atoms with Crippen LogP contribution in [0.3, 0.4) is 0 Å². The lowest BCUT2D eigenvalue weighted by atomic mass is 10.1. The van der Waals surface area contributed by atoms with Crippen molar-refractivity contribution in [2.24, 2.45) is 5.73 Å². The first-order chi connectivity index (χ1) is 9.13. The molecule has 0 fully saturated rings. The molecule has 0 aliphatic heterocycles. The van der Waals surface area contributed by atoms with Crippen molar-refractivity contribution in [1.82, 2.24) is 9.78 Å². The van der Waals surface area contributed by atoms with E-state index in [-0.39, 0.29) is 6.04 Å². The van der Waals surface area contributed by atoms with Gasteiger partial charge < -0.3 is 5.73 Å². The van der Waals surface area contributed by atoms with Crippen LogP contribution < -0.4 is 5.73 Å². The normalized spacial score (nSPS) is 12.1. The van der Waals surface area contributed by atoms with Gasteiger partial charge in [0.05, 0.1) is 22.8 Å². The van der Waals surface area contributed by atoms with Crippen molar-refractivity contribution in [2.45, 2.75) is 25.9 Å². The number of nitriles is 1. The van der Waals surface area contributed by atoms with E-state index in [1.165, 1.54) is 0 Å². The minimum Gasteiger partial charge on any atom is -0.326 e. The second-order valence-electron chi connectivity index (χ2n) is 4.40. The summed E-state index contributed by atoms with van der Waals surface area (Å²) in [5, 5.41) is 13.7. The summed E-state index contributed by atoms with van der Waals surface area (Å²) in [6.45, 7) is 2.75. The molecule has 0 saturated carbocycles. The summed E-state index contributed by atoms with van der Waals surface area (Å²) >= 11 is 6.02. The number of rotatable bonds is 4. The molecule has 0 unspecified atom stereocenters. The van der Waals surface area contributed by atoms with E-state index in [1.54, 1.807) is 12.1 Å². The maximum atomic E-state index is 8.84. The Hall–Kier alpha value is -1.83. The molecule has 5 heteroatoms. The predicted octanol–water partition coefficient (Wildman–Crippen LogP) is 2.81. The Balaban J connectivity index is 2.23. The molecule has 2 rings (SSSR count). The van der Waals surface area contributed by atoms with Crippen LogP contribution in [0.15, 0.2) is 30.5 Å². The third-order valence-electron chi connectivity index (χ3n) is 2.97. The van der Waals surface area contributed by atoms with Crippen molar-refractivity contribution in [3.63, 3.8) is 0 Å². The summed E-state index contributed by atoms with van der Waals surface area (Å²) < 4.78 is 1.83. The molecule has 4 nitrogen and oxygen atoms in total. The molecule has 19 heavy (non-hydrogen) atoms. The van der Waals surface area contributed by atoms with E-state index in [9.17, 15) is 0 Å². The van der Waals surface area contributed by atoms with Crippen LogP contribution in [-0.4, -0.2) is 15.8 Å². The second-order valence-corrected chi connectivity index (χ2v) is 4.80. The molecule has 0 aliphatic carbocycles. The standard InChI is InChI=1S/C14H15ClN4/c1-2-12(17)9-19-6-5-14(18-19)10-3-4-11(8-16)13(15)7-10/h3-7,12H,2,9,17H2,1H3/t12-/m0/s1. The number of aromatic nitrogens is 2. The Kier molecular flexibility index (Phi) is 4.20. The molecule has 2 N–H and O–H groups in total. The fourth-order valence-electron chi connectivity index (χ4n) is 1.75. The molecular formula is C14H15ClN4. The number of hydrogen-bond acceptors (Lipinski definition) is 3. The molecule has 0 saturated heterocycles. The van der Waals surface area contributed by atoms with Gasteiger partial charge in [-0.1, -0.05) is 24.6 Å². The van der Waals surface area contributed by atoms with Gasteiger partial charge in [-0.3, -0.25) is 4.68 Å². The van der Waals surface area contributed by atoms with Gasteiger partial charge in [-0.05, 0) is 24.6 Å². The monoisotopic (exact) mass is 274 g/mol. The summed E-state index contributed by atoms with van der Waals surface area (Å²) in [6, 6.07) is 9.37. The maximum absolute atomic E-state index is 8.84. The van der Waals surface area contributed by atoms with Gasteiger partial charge in [0.15, 0.2) is 0 Å². The Morgan fingerprint density at radius 1 is 1.47 bits per heavy atom. The number of nitrogens with zero attached hydrogens (tertiary/aromatic N) is 3. The summed E-state index contributed by atoms with van der Waals surface area (Å²) in [5.41, 5.74) is 8.09. The van der Waals surface area contributed by atoms with Gasteiger partial charge in [0, 0.05) is 17.8 Å². The van der Waals surface area contributed by atoms with Crippen molar-refractivity contribution in [3.8, 4) is 17.3 Å². The quantitative estimate of drug-likeness (QED) is 0.932. The van der Waals surface area contributed by atoms with Crippen LogP contribution in [0.25, 0.3) is 11.3 Å². The molecule has 0 spiro atoms. The van der Waals surface area contributed by atoms with Crippen LogP contribution in [0.1, 0.15) is 18.9 Å². The number of hydrogen-bond donors (Lipinski definition) is 1. The third-order valence-corrected chi connectivity index (χ3v) is 3.28. The molecule has 1 atom stereocenters. The van der Waals surface area contributed by atoms with Crippen molar-refractivity contribution in [3.05, 3.63) is 41.0 Å². The lowest BCUT2D eigenvalue weighted by Gasteiger charge is -2.08. The molecule has 0 amide bonds. The smallest absolute Gasteiger partial charge is 0.101 e. The Morgan fingerprint density at radius 2 is 2.26 bits per heavy atom. The van der Waals surface area contributed by atoms with Gasteiger partial charge in [0.1, 0.15) is 6.07 Å². The van der Waals surface area contributed by atoms with E-state index in [0.717, 1.165) is 17.7 Å². The van der Waals surface area contributed by atoms with Crippen LogP contribution in [0.5, 0.6) is 0 Å². The van der Waals surface area contributed by atoms with E-state index < -0.39 is 0 Å². The highest BCUT2D eigenvalue weighted by Gasteiger charge is 2.07. The minimum atomic E-state index is 0.109. The lowest BCUT2D eigenvalue weighted by Crippen LogP contribution is -2.25. The highest BCUT2D eigenvalue weighted by Crippen LogP contribution is 2.24. The first-order valence-corrected chi connectivity index (χ1v) is 6.51. The SMILES string of the molecule is CC[C@H](N)Cn1ccc(-c2ccc(C#N)c(Cl)c2)n1. The second kappa shape index (κ2) is 5.87. The average molecular weight is 275 g/mol. The van der Waals surface area contributed by atoms with Gasteiger partial charge in [-0.15, -0.1) is 0 Å². The molecular weight excluding hydrogens is 260 g/mol. The Labute approximate surface area is 117 Å². The zero-order chi connectivity index (χ0) is 13.8. The summed E-state index contributed by atoms with van der Waals surface area (Å²) in [7, 11) is 0. The van der Waals surface area contributed by atoms with E-state index in [4.69, 9.17) is 22.6 Å². The van der Waals surface area contributed by atoms with E-state index in [1.807, 2.05) is 29.1 Å². The van der Waals surface area contributed by atoms with E-state index in [0.29, 0.717) is 17.1 Å². The predicted molar refractivity (Wildman–Crippen MR) is 75.7 cm³/mol. The van der Waals surface area contributed by atoms with Gasteiger partial charge in [0.25, 0.3) is 0 Å². The van der Waals surface area contributed by atoms with Crippen molar-refractivity contribution in [2.75, 3.05) is 0 Å². The van der Waals surface area contributed by atoms with Crippen molar-refractivity contribution >= 4 is 11.6 Å². The third kappa shape index (κ3) is 3.14. The highest BCUT2D eigenvalue weighted by atomic mass is 35.5. The van der Waals surface area contributed by atoms with Crippen LogP contribution in [0.4, 0.5) is 0 Å². The van der Waals surface area contributed by atoms with Gasteiger partial charge in [-0.2, -0.15) is 10.4 Å². The fraction of sp³-hybridized carbons (Fsp3) is 0.286. The largest absolute Gasteiger partial charge is 0.326 e. The first-order valence-electron chi connectivity index (χ1n) is 6.13. The number of benzene rings is 1. The van der Waals surface area contributed by atoms with Crippen LogP contribution in [-0.2, 0) is 6.54 Å². The molecule has 0 bridgehead atoms. The maximum Gasteiger partial charge on any atom is 0.101 e. The van der Waals surface area contributed by atoms with E-state index >= 15 is 0 Å².